The van der Waals surface area contributed by atoms with Gasteiger partial charge in [-0.3, -0.25) is 0 Å². The maximum atomic E-state index is 5.46. The van der Waals surface area contributed by atoms with E-state index < -0.39 is 0 Å². The van der Waals surface area contributed by atoms with E-state index in [0.29, 0.717) is 6.61 Å². The van der Waals surface area contributed by atoms with Crippen molar-refractivity contribution in [3.63, 3.8) is 0 Å². The van der Waals surface area contributed by atoms with E-state index in [0.717, 1.165) is 11.3 Å². The molecule has 0 aromatic rings. The summed E-state index contributed by atoms with van der Waals surface area (Å²) >= 11 is 0. The molecule has 0 aromatic carbocycles. The second-order valence-corrected chi connectivity index (χ2v) is 3.84. The summed E-state index contributed by atoms with van der Waals surface area (Å²) in [5.41, 5.74) is 0.856. The van der Waals surface area contributed by atoms with Crippen LogP contribution in [0.1, 0.15) is 20.8 Å². The van der Waals surface area contributed by atoms with E-state index in [1.54, 1.807) is 0 Å². The van der Waals surface area contributed by atoms with E-state index in [4.69, 9.17) is 11.2 Å². The van der Waals surface area contributed by atoms with Gasteiger partial charge in [0.2, 0.25) is 0 Å². The van der Waals surface area contributed by atoms with Crippen LogP contribution in [0.5, 0.6) is 0 Å². The molecule has 1 aliphatic carbocycles. The summed E-state index contributed by atoms with van der Waals surface area (Å²) in [5.74, 6) is 3.42. The largest absolute Gasteiger partial charge is 0.493 e. The highest BCUT2D eigenvalue weighted by molar-refractivity contribution is 5.45. The average molecular weight is 188 g/mol. The minimum absolute atomic E-state index is 0.0426. The highest BCUT2D eigenvalue weighted by Gasteiger charge is 2.13. The summed E-state index contributed by atoms with van der Waals surface area (Å²) in [4.78, 5) is 0. The molecule has 0 radical (unpaired) electrons. The first-order valence-electron chi connectivity index (χ1n) is 4.81. The fourth-order valence-electron chi connectivity index (χ4n) is 1.22. The topological polar surface area (TPSA) is 9.23 Å². The third-order valence-corrected chi connectivity index (χ3v) is 2.06. The maximum absolute atomic E-state index is 5.46. The van der Waals surface area contributed by atoms with Gasteiger partial charge in [0.1, 0.15) is 5.76 Å². The minimum Gasteiger partial charge on any atom is -0.493 e. The lowest BCUT2D eigenvalue weighted by Crippen LogP contribution is -2.00. The Bertz CT molecular complexity index is 335. The molecule has 74 valence electrons. The third-order valence-electron chi connectivity index (χ3n) is 2.06. The monoisotopic (exact) mass is 188 g/mol. The molecular weight excluding hydrogens is 172 g/mol. The standard InChI is InChI=1S/C13H16O/c1-5-11-7-9-13(3,4)10-8-12(11)14-6-2/h1,7-10H,6H2,2-4H3. The van der Waals surface area contributed by atoms with E-state index in [-0.39, 0.29) is 5.41 Å². The Hall–Kier alpha value is -1.42. The molecule has 1 rings (SSSR count). The van der Waals surface area contributed by atoms with E-state index in [9.17, 15) is 0 Å². The molecule has 0 saturated carbocycles. The summed E-state index contributed by atoms with van der Waals surface area (Å²) in [6.45, 7) is 6.85. The lowest BCUT2D eigenvalue weighted by atomic mass is 9.93. The Morgan fingerprint density at radius 3 is 2.57 bits per heavy atom. The maximum Gasteiger partial charge on any atom is 0.134 e. The van der Waals surface area contributed by atoms with Crippen molar-refractivity contribution in [1.29, 1.82) is 0 Å². The van der Waals surface area contributed by atoms with Crippen LogP contribution in [0.2, 0.25) is 0 Å². The quantitative estimate of drug-likeness (QED) is 0.605. The molecule has 0 unspecified atom stereocenters. The highest BCUT2D eigenvalue weighted by atomic mass is 16.5. The van der Waals surface area contributed by atoms with E-state index >= 15 is 0 Å². The van der Waals surface area contributed by atoms with Crippen molar-refractivity contribution >= 4 is 0 Å². The van der Waals surface area contributed by atoms with Crippen molar-refractivity contribution < 1.29 is 4.74 Å². The van der Waals surface area contributed by atoms with E-state index in [2.05, 4.69) is 31.9 Å². The van der Waals surface area contributed by atoms with Crippen LogP contribution in [-0.4, -0.2) is 6.61 Å². The molecule has 0 N–H and O–H groups in total. The summed E-state index contributed by atoms with van der Waals surface area (Å²) < 4.78 is 5.46. The summed E-state index contributed by atoms with van der Waals surface area (Å²) in [5, 5.41) is 0. The first-order valence-corrected chi connectivity index (χ1v) is 4.81. The van der Waals surface area contributed by atoms with Gasteiger partial charge in [0.25, 0.3) is 0 Å². The molecule has 0 amide bonds. The summed E-state index contributed by atoms with van der Waals surface area (Å²) in [6.07, 6.45) is 13.5. The van der Waals surface area contributed by atoms with Crippen molar-refractivity contribution in [1.82, 2.24) is 0 Å². The number of rotatable bonds is 2. The first kappa shape index (κ1) is 10.7. The van der Waals surface area contributed by atoms with E-state index in [1.165, 1.54) is 0 Å². The zero-order valence-electron chi connectivity index (χ0n) is 9.00. The van der Waals surface area contributed by atoms with E-state index in [1.807, 2.05) is 19.1 Å². The Kier molecular flexibility index (Phi) is 3.19. The fraction of sp³-hybridized carbons (Fsp3) is 0.385. The van der Waals surface area contributed by atoms with Crippen LogP contribution in [0, 0.1) is 17.8 Å². The highest BCUT2D eigenvalue weighted by Crippen LogP contribution is 2.25. The number of allylic oxidation sites excluding steroid dienone is 5. The molecule has 1 heteroatoms. The minimum atomic E-state index is 0.0426. The lowest BCUT2D eigenvalue weighted by Gasteiger charge is -2.12. The Balaban J connectivity index is 3.05. The van der Waals surface area contributed by atoms with Gasteiger partial charge in [-0.05, 0) is 19.1 Å². The number of ether oxygens (including phenoxy) is 1. The SMILES string of the molecule is C#CC1=C(OCC)C=CC(C)(C)C=C1. The van der Waals surface area contributed by atoms with Crippen LogP contribution in [-0.2, 0) is 4.74 Å². The summed E-state index contributed by atoms with van der Waals surface area (Å²) in [7, 11) is 0. The van der Waals surface area contributed by atoms with Gasteiger partial charge in [0.15, 0.2) is 0 Å². The van der Waals surface area contributed by atoms with Crippen molar-refractivity contribution in [3.8, 4) is 12.3 Å². The smallest absolute Gasteiger partial charge is 0.134 e. The third kappa shape index (κ3) is 2.53. The molecule has 0 aliphatic heterocycles. The molecule has 1 aliphatic rings. The Labute approximate surface area is 86.2 Å². The van der Waals surface area contributed by atoms with Crippen molar-refractivity contribution in [2.24, 2.45) is 5.41 Å². The average Bonchev–Trinajstić information content (AvgIpc) is 2.27. The van der Waals surface area contributed by atoms with Gasteiger partial charge in [-0.2, -0.15) is 0 Å². The molecule has 0 spiro atoms. The zero-order valence-corrected chi connectivity index (χ0v) is 9.00. The first-order chi connectivity index (χ1) is 6.59. The van der Waals surface area contributed by atoms with Crippen molar-refractivity contribution in [3.05, 3.63) is 35.6 Å². The molecule has 0 fully saturated rings. The second-order valence-electron chi connectivity index (χ2n) is 3.84. The number of hydrogen-bond acceptors (Lipinski definition) is 1. The fourth-order valence-corrected chi connectivity index (χ4v) is 1.22. The molecule has 14 heavy (non-hydrogen) atoms. The molecule has 0 saturated heterocycles. The van der Waals surface area contributed by atoms with Gasteiger partial charge < -0.3 is 4.74 Å². The van der Waals surface area contributed by atoms with Crippen LogP contribution in [0.4, 0.5) is 0 Å². The second kappa shape index (κ2) is 4.19. The van der Waals surface area contributed by atoms with Gasteiger partial charge in [-0.15, -0.1) is 6.42 Å². The van der Waals surface area contributed by atoms with Crippen LogP contribution in [0.3, 0.4) is 0 Å². The molecule has 0 aromatic heterocycles. The lowest BCUT2D eigenvalue weighted by molar-refractivity contribution is 0.241. The van der Waals surface area contributed by atoms with Crippen LogP contribution in [0.15, 0.2) is 35.6 Å². The van der Waals surface area contributed by atoms with Crippen LogP contribution < -0.4 is 0 Å². The van der Waals surface area contributed by atoms with Gasteiger partial charge in [-0.25, -0.2) is 0 Å². The van der Waals surface area contributed by atoms with Gasteiger partial charge >= 0.3 is 0 Å². The van der Waals surface area contributed by atoms with Crippen LogP contribution in [0.25, 0.3) is 0 Å². The molecule has 0 bridgehead atoms. The Morgan fingerprint density at radius 2 is 2.00 bits per heavy atom. The molecule has 1 nitrogen and oxygen atoms in total. The van der Waals surface area contributed by atoms with Gasteiger partial charge in [-0.1, -0.05) is 31.9 Å². The molecule has 0 heterocycles. The number of terminal acetylenes is 1. The van der Waals surface area contributed by atoms with Crippen molar-refractivity contribution in [2.75, 3.05) is 6.61 Å². The number of hydrogen-bond donors (Lipinski definition) is 0. The summed E-state index contributed by atoms with van der Waals surface area (Å²) in [6, 6.07) is 0. The Morgan fingerprint density at radius 1 is 1.36 bits per heavy atom. The predicted octanol–water partition coefficient (Wildman–Crippen LogP) is 3.06. The molecular formula is C13H16O. The van der Waals surface area contributed by atoms with Crippen LogP contribution >= 0.6 is 0 Å². The van der Waals surface area contributed by atoms with Gasteiger partial charge in [0, 0.05) is 5.41 Å². The zero-order chi connectivity index (χ0) is 10.6. The normalized spacial score (nSPS) is 19.0. The van der Waals surface area contributed by atoms with Gasteiger partial charge in [0.05, 0.1) is 12.2 Å². The van der Waals surface area contributed by atoms with Crippen molar-refractivity contribution in [2.45, 2.75) is 20.8 Å². The molecule has 0 atom stereocenters. The predicted molar refractivity (Wildman–Crippen MR) is 59.5 cm³/mol.